The number of nitrogens with one attached hydrogen (secondary N) is 1. The van der Waals surface area contributed by atoms with Crippen molar-refractivity contribution in [3.05, 3.63) is 65.6 Å². The molecule has 0 atom stereocenters. The van der Waals surface area contributed by atoms with E-state index in [1.807, 2.05) is 53.1 Å². The Morgan fingerprint density at radius 2 is 1.86 bits per heavy atom. The molecule has 1 N–H and O–H groups in total. The monoisotopic (exact) mass is 522 g/mol. The van der Waals surface area contributed by atoms with Crippen LogP contribution in [-0.4, -0.2) is 70.6 Å². The maximum atomic E-state index is 14.2. The predicted octanol–water partition coefficient (Wildman–Crippen LogP) is 5.38. The Hall–Kier alpha value is -3.04. The van der Waals surface area contributed by atoms with Crippen molar-refractivity contribution in [1.82, 2.24) is 19.6 Å². The molecule has 37 heavy (non-hydrogen) atoms. The van der Waals surface area contributed by atoms with E-state index in [-0.39, 0.29) is 17.9 Å². The lowest BCUT2D eigenvalue weighted by Crippen LogP contribution is -2.47. The summed E-state index contributed by atoms with van der Waals surface area (Å²) in [7, 11) is 0. The molecule has 9 heteroatoms. The van der Waals surface area contributed by atoms with Crippen molar-refractivity contribution in [2.45, 2.75) is 44.2 Å². The third kappa shape index (κ3) is 5.78. The lowest BCUT2D eigenvalue weighted by molar-refractivity contribution is 0.206. The zero-order valence-corrected chi connectivity index (χ0v) is 22.6. The van der Waals surface area contributed by atoms with E-state index in [9.17, 15) is 9.18 Å². The average molecular weight is 523 g/mol. The van der Waals surface area contributed by atoms with Crippen LogP contribution in [0.5, 0.6) is 0 Å². The Labute approximate surface area is 222 Å². The third-order valence-electron chi connectivity index (χ3n) is 7.25. The van der Waals surface area contributed by atoms with Gasteiger partial charge in [-0.05, 0) is 75.0 Å². The molecule has 1 aliphatic heterocycles. The van der Waals surface area contributed by atoms with Crippen LogP contribution in [0, 0.1) is 12.7 Å². The van der Waals surface area contributed by atoms with E-state index in [2.05, 4.69) is 22.0 Å². The van der Waals surface area contributed by atoms with E-state index in [0.717, 1.165) is 73.2 Å². The van der Waals surface area contributed by atoms with Crippen molar-refractivity contribution in [2.24, 2.45) is 0 Å². The van der Waals surface area contributed by atoms with E-state index in [0.29, 0.717) is 12.2 Å². The second-order valence-corrected chi connectivity index (χ2v) is 10.6. The first-order valence-electron chi connectivity index (χ1n) is 13.0. The van der Waals surface area contributed by atoms with E-state index < -0.39 is 0 Å². The normalized spacial score (nSPS) is 16.2. The number of hydrogen-bond acceptors (Lipinski definition) is 5. The summed E-state index contributed by atoms with van der Waals surface area (Å²) in [5.41, 5.74) is 3.36. The van der Waals surface area contributed by atoms with Gasteiger partial charge in [-0.15, -0.1) is 11.8 Å². The van der Waals surface area contributed by atoms with Gasteiger partial charge in [0, 0.05) is 48.4 Å². The average Bonchev–Trinajstić information content (AvgIpc) is 3.70. The third-order valence-corrected chi connectivity index (χ3v) is 7.99. The largest absolute Gasteiger partial charge is 0.354 e. The van der Waals surface area contributed by atoms with Crippen molar-refractivity contribution in [3.8, 4) is 5.69 Å². The second kappa shape index (κ2) is 11.1. The van der Waals surface area contributed by atoms with Crippen LogP contribution in [-0.2, 0) is 6.54 Å². The Morgan fingerprint density at radius 3 is 2.49 bits per heavy atom. The quantitative estimate of drug-likeness (QED) is 0.403. The lowest BCUT2D eigenvalue weighted by Gasteiger charge is -2.36. The molecule has 2 amide bonds. The second-order valence-electron chi connectivity index (χ2n) is 9.72. The molecule has 0 spiro atoms. The van der Waals surface area contributed by atoms with Crippen LogP contribution in [0.15, 0.2) is 53.4 Å². The molecule has 2 heterocycles. The summed E-state index contributed by atoms with van der Waals surface area (Å²) in [5, 5.41) is 7.96. The maximum Gasteiger partial charge on any atom is 0.322 e. The summed E-state index contributed by atoms with van der Waals surface area (Å²) in [6, 6.07) is 14.6. The summed E-state index contributed by atoms with van der Waals surface area (Å²) in [5.74, 6) is 0.669. The smallest absolute Gasteiger partial charge is 0.322 e. The van der Waals surface area contributed by atoms with Gasteiger partial charge < -0.3 is 20.0 Å². The highest BCUT2D eigenvalue weighted by atomic mass is 32.2. The number of aromatic nitrogens is 2. The van der Waals surface area contributed by atoms with Crippen molar-refractivity contribution >= 4 is 29.3 Å². The molecule has 3 aromatic rings. The molecule has 1 saturated heterocycles. The van der Waals surface area contributed by atoms with E-state index >= 15 is 0 Å². The summed E-state index contributed by atoms with van der Waals surface area (Å²) in [6.45, 7) is 9.30. The Morgan fingerprint density at radius 1 is 1.14 bits per heavy atom. The number of amides is 2. The molecule has 1 saturated carbocycles. The van der Waals surface area contributed by atoms with Gasteiger partial charge in [0.1, 0.15) is 11.6 Å². The van der Waals surface area contributed by atoms with Crippen LogP contribution in [0.3, 0.4) is 0 Å². The molecule has 0 unspecified atom stereocenters. The Balaban J connectivity index is 1.46. The fraction of sp³-hybridized carbons (Fsp3) is 0.429. The van der Waals surface area contributed by atoms with Crippen LogP contribution in [0.25, 0.3) is 5.69 Å². The highest BCUT2D eigenvalue weighted by molar-refractivity contribution is 7.98. The molecule has 1 aliphatic carbocycles. The van der Waals surface area contributed by atoms with Crippen LogP contribution in [0.2, 0.25) is 0 Å². The molecule has 0 bridgehead atoms. The molecule has 1 aromatic heterocycles. The fourth-order valence-corrected chi connectivity index (χ4v) is 5.32. The molecule has 0 radical (unpaired) electrons. The van der Waals surface area contributed by atoms with Gasteiger partial charge in [0.25, 0.3) is 0 Å². The van der Waals surface area contributed by atoms with E-state index in [4.69, 9.17) is 5.10 Å². The zero-order valence-electron chi connectivity index (χ0n) is 21.8. The molecule has 5 rings (SSSR count). The van der Waals surface area contributed by atoms with E-state index in [1.165, 1.54) is 12.1 Å². The first kappa shape index (κ1) is 25.6. The summed E-state index contributed by atoms with van der Waals surface area (Å²) < 4.78 is 16.1. The number of thioether (sulfide) groups is 1. The van der Waals surface area contributed by atoms with Crippen LogP contribution in [0.4, 0.5) is 20.7 Å². The van der Waals surface area contributed by atoms with Gasteiger partial charge in [-0.3, -0.25) is 0 Å². The summed E-state index contributed by atoms with van der Waals surface area (Å²) in [4.78, 5) is 21.3. The van der Waals surface area contributed by atoms with Crippen LogP contribution >= 0.6 is 11.8 Å². The fourth-order valence-electron chi connectivity index (χ4n) is 4.91. The Kier molecular flexibility index (Phi) is 7.71. The van der Waals surface area contributed by atoms with Gasteiger partial charge in [-0.2, -0.15) is 5.10 Å². The number of rotatable bonds is 8. The van der Waals surface area contributed by atoms with Crippen LogP contribution < -0.4 is 10.2 Å². The van der Waals surface area contributed by atoms with Gasteiger partial charge in [0.15, 0.2) is 0 Å². The highest BCUT2D eigenvalue weighted by Crippen LogP contribution is 2.34. The Bertz CT molecular complexity index is 1230. The molecule has 2 fully saturated rings. The molecule has 196 valence electrons. The minimum Gasteiger partial charge on any atom is -0.354 e. The molecule has 2 aromatic carbocycles. The SMILES string of the molecule is CCN1CCN(c2c(CN(C(=O)Nc3ccc(SC)cc3)C3CC3)c(C)nn2-c2cccc(F)c2)CC1. The van der Waals surface area contributed by atoms with E-state index in [1.54, 1.807) is 17.8 Å². The minimum atomic E-state index is -0.291. The summed E-state index contributed by atoms with van der Waals surface area (Å²) in [6.07, 6.45) is 4.04. The number of carbonyl (C=O) groups excluding carboxylic acids is 1. The number of carbonyl (C=O) groups is 1. The van der Waals surface area contributed by atoms with Crippen molar-refractivity contribution in [3.63, 3.8) is 0 Å². The number of likely N-dealkylation sites (N-methyl/N-ethyl adjacent to an activating group) is 1. The number of urea groups is 1. The molecular weight excluding hydrogens is 487 g/mol. The number of nitrogens with zero attached hydrogens (tertiary/aromatic N) is 5. The first-order chi connectivity index (χ1) is 18.0. The zero-order chi connectivity index (χ0) is 25.9. The summed E-state index contributed by atoms with van der Waals surface area (Å²) >= 11 is 1.68. The van der Waals surface area contributed by atoms with Gasteiger partial charge in [0.05, 0.1) is 17.9 Å². The minimum absolute atomic E-state index is 0.0981. The van der Waals surface area contributed by atoms with Crippen LogP contribution in [0.1, 0.15) is 31.0 Å². The van der Waals surface area contributed by atoms with Crippen molar-refractivity contribution in [1.29, 1.82) is 0 Å². The van der Waals surface area contributed by atoms with Crippen molar-refractivity contribution < 1.29 is 9.18 Å². The topological polar surface area (TPSA) is 56.6 Å². The highest BCUT2D eigenvalue weighted by Gasteiger charge is 2.35. The first-order valence-corrected chi connectivity index (χ1v) is 14.2. The number of benzene rings is 2. The van der Waals surface area contributed by atoms with Crippen molar-refractivity contribution in [2.75, 3.05) is 49.2 Å². The maximum absolute atomic E-state index is 14.2. The number of anilines is 2. The molecule has 7 nitrogen and oxygen atoms in total. The van der Waals surface area contributed by atoms with Gasteiger partial charge in [0.2, 0.25) is 0 Å². The number of aryl methyl sites for hydroxylation is 1. The van der Waals surface area contributed by atoms with Gasteiger partial charge in [-0.25, -0.2) is 13.9 Å². The molecule has 2 aliphatic rings. The van der Waals surface area contributed by atoms with Gasteiger partial charge in [-0.1, -0.05) is 13.0 Å². The number of halogens is 1. The lowest BCUT2D eigenvalue weighted by atomic mass is 10.2. The predicted molar refractivity (Wildman–Crippen MR) is 148 cm³/mol. The van der Waals surface area contributed by atoms with Gasteiger partial charge >= 0.3 is 6.03 Å². The number of hydrogen-bond donors (Lipinski definition) is 1. The molecular formula is C28H35FN6OS. The number of piperazine rings is 1. The standard InChI is InChI=1S/C28H35FN6OS/c1-4-32-14-16-33(17-15-32)27-26(20(2)31-35(27)24-7-5-6-21(29)18-24)19-34(23-10-11-23)28(36)30-22-8-12-25(37-3)13-9-22/h5-9,12-13,18,23H,4,10-11,14-17,19H2,1-3H3,(H,30,36).